The normalized spacial score (nSPS) is 13.4. The van der Waals surface area contributed by atoms with Crippen LogP contribution in [-0.2, 0) is 19.4 Å². The van der Waals surface area contributed by atoms with Crippen molar-refractivity contribution in [3.05, 3.63) is 59.4 Å². The molecule has 0 unspecified atom stereocenters. The van der Waals surface area contributed by atoms with Crippen molar-refractivity contribution in [1.82, 2.24) is 9.55 Å². The maximum Gasteiger partial charge on any atom is 0.122 e. The average molecular weight is 278 g/mol. The van der Waals surface area contributed by atoms with Crippen LogP contribution in [-0.4, -0.2) is 16.2 Å². The lowest BCUT2D eigenvalue weighted by Gasteiger charge is -2.08. The SMILES string of the molecule is Cc1nc2ccccc2n1CCc1ccc2c(c1)CCO2. The van der Waals surface area contributed by atoms with Crippen LogP contribution >= 0.6 is 0 Å². The number of benzene rings is 2. The van der Waals surface area contributed by atoms with E-state index < -0.39 is 0 Å². The highest BCUT2D eigenvalue weighted by Gasteiger charge is 2.12. The molecule has 1 aliphatic heterocycles. The zero-order valence-electron chi connectivity index (χ0n) is 12.2. The smallest absolute Gasteiger partial charge is 0.122 e. The number of aromatic nitrogens is 2. The van der Waals surface area contributed by atoms with Crippen LogP contribution in [0.2, 0.25) is 0 Å². The predicted molar refractivity (Wildman–Crippen MR) is 83.8 cm³/mol. The number of hydrogen-bond acceptors (Lipinski definition) is 2. The topological polar surface area (TPSA) is 27.1 Å². The van der Waals surface area contributed by atoms with Crippen molar-refractivity contribution in [1.29, 1.82) is 0 Å². The van der Waals surface area contributed by atoms with Crippen LogP contribution in [0.4, 0.5) is 0 Å². The van der Waals surface area contributed by atoms with E-state index in [0.29, 0.717) is 0 Å². The van der Waals surface area contributed by atoms with E-state index in [2.05, 4.69) is 52.9 Å². The molecule has 4 rings (SSSR count). The molecule has 2 aromatic carbocycles. The summed E-state index contributed by atoms with van der Waals surface area (Å²) < 4.78 is 7.87. The summed E-state index contributed by atoms with van der Waals surface area (Å²) in [6.07, 6.45) is 2.06. The van der Waals surface area contributed by atoms with Crippen molar-refractivity contribution in [2.75, 3.05) is 6.61 Å². The van der Waals surface area contributed by atoms with E-state index in [9.17, 15) is 0 Å². The Morgan fingerprint density at radius 3 is 3.05 bits per heavy atom. The number of para-hydroxylation sites is 2. The highest BCUT2D eigenvalue weighted by atomic mass is 16.5. The van der Waals surface area contributed by atoms with Gasteiger partial charge in [-0.2, -0.15) is 0 Å². The second-order valence-corrected chi connectivity index (χ2v) is 5.59. The lowest BCUT2D eigenvalue weighted by Crippen LogP contribution is -2.03. The molecule has 0 aliphatic carbocycles. The number of ether oxygens (including phenoxy) is 1. The molecule has 0 N–H and O–H groups in total. The van der Waals surface area contributed by atoms with E-state index in [1.165, 1.54) is 16.6 Å². The van der Waals surface area contributed by atoms with E-state index in [1.54, 1.807) is 0 Å². The van der Waals surface area contributed by atoms with E-state index in [0.717, 1.165) is 43.1 Å². The van der Waals surface area contributed by atoms with Gasteiger partial charge in [0.25, 0.3) is 0 Å². The Balaban J connectivity index is 1.60. The molecule has 1 aromatic heterocycles. The molecule has 3 aromatic rings. The Bertz CT molecular complexity index is 804. The number of hydrogen-bond donors (Lipinski definition) is 0. The van der Waals surface area contributed by atoms with Gasteiger partial charge in [-0.1, -0.05) is 24.3 Å². The zero-order valence-corrected chi connectivity index (χ0v) is 12.2. The summed E-state index contributed by atoms with van der Waals surface area (Å²) in [6, 6.07) is 14.9. The number of rotatable bonds is 3. The second kappa shape index (κ2) is 4.92. The minimum absolute atomic E-state index is 0.823. The molecule has 0 spiro atoms. The standard InChI is InChI=1S/C18H18N2O/c1-13-19-16-4-2-3-5-17(16)20(13)10-8-14-6-7-18-15(12-14)9-11-21-18/h2-7,12H,8-11H2,1H3. The van der Waals surface area contributed by atoms with Crippen molar-refractivity contribution >= 4 is 11.0 Å². The van der Waals surface area contributed by atoms with E-state index in [4.69, 9.17) is 4.74 Å². The summed E-state index contributed by atoms with van der Waals surface area (Å²) in [5.41, 5.74) is 5.02. The lowest BCUT2D eigenvalue weighted by molar-refractivity contribution is 0.357. The Labute approximate surface area is 124 Å². The number of aryl methyl sites for hydroxylation is 3. The fourth-order valence-electron chi connectivity index (χ4n) is 3.11. The van der Waals surface area contributed by atoms with Gasteiger partial charge in [0.05, 0.1) is 17.6 Å². The van der Waals surface area contributed by atoms with Crippen LogP contribution in [0, 0.1) is 6.92 Å². The van der Waals surface area contributed by atoms with Crippen LogP contribution < -0.4 is 4.74 Å². The van der Waals surface area contributed by atoms with Gasteiger partial charge < -0.3 is 9.30 Å². The van der Waals surface area contributed by atoms with E-state index in [1.807, 2.05) is 6.07 Å². The third-order valence-electron chi connectivity index (χ3n) is 4.22. The zero-order chi connectivity index (χ0) is 14.2. The molecule has 1 aliphatic rings. The molecule has 21 heavy (non-hydrogen) atoms. The Kier molecular flexibility index (Phi) is 2.92. The molecule has 3 heteroatoms. The largest absolute Gasteiger partial charge is 0.493 e. The maximum atomic E-state index is 5.57. The van der Waals surface area contributed by atoms with E-state index in [-0.39, 0.29) is 0 Å². The second-order valence-electron chi connectivity index (χ2n) is 5.59. The van der Waals surface area contributed by atoms with Gasteiger partial charge in [-0.25, -0.2) is 4.98 Å². The highest BCUT2D eigenvalue weighted by molar-refractivity contribution is 5.75. The number of fused-ring (bicyclic) bond motifs is 2. The third-order valence-corrected chi connectivity index (χ3v) is 4.22. The summed E-state index contributed by atoms with van der Waals surface area (Å²) in [4.78, 5) is 4.63. The number of nitrogens with zero attached hydrogens (tertiary/aromatic N) is 2. The van der Waals surface area contributed by atoms with Gasteiger partial charge in [-0.05, 0) is 42.7 Å². The molecule has 3 nitrogen and oxygen atoms in total. The molecule has 0 saturated heterocycles. The first-order valence-electron chi connectivity index (χ1n) is 7.48. The summed E-state index contributed by atoms with van der Waals surface area (Å²) in [5, 5.41) is 0. The van der Waals surface area contributed by atoms with Gasteiger partial charge in [0, 0.05) is 13.0 Å². The fourth-order valence-corrected chi connectivity index (χ4v) is 3.11. The van der Waals surface area contributed by atoms with Gasteiger partial charge >= 0.3 is 0 Å². The molecule has 0 radical (unpaired) electrons. The minimum Gasteiger partial charge on any atom is -0.493 e. The molecule has 2 heterocycles. The van der Waals surface area contributed by atoms with Crippen LogP contribution in [0.3, 0.4) is 0 Å². The lowest BCUT2D eigenvalue weighted by atomic mass is 10.1. The van der Waals surface area contributed by atoms with Crippen molar-refractivity contribution in [3.63, 3.8) is 0 Å². The molecule has 0 amide bonds. The Hall–Kier alpha value is -2.29. The molecule has 0 atom stereocenters. The third kappa shape index (κ3) is 2.19. The number of imidazole rings is 1. The summed E-state index contributed by atoms with van der Waals surface area (Å²) in [5.74, 6) is 2.14. The van der Waals surface area contributed by atoms with Crippen LogP contribution in [0.25, 0.3) is 11.0 Å². The maximum absolute atomic E-state index is 5.57. The first kappa shape index (κ1) is 12.5. The van der Waals surface area contributed by atoms with Crippen molar-refractivity contribution in [2.24, 2.45) is 0 Å². The highest BCUT2D eigenvalue weighted by Crippen LogP contribution is 2.26. The van der Waals surface area contributed by atoms with Gasteiger partial charge in [0.15, 0.2) is 0 Å². The fraction of sp³-hybridized carbons (Fsp3) is 0.278. The van der Waals surface area contributed by atoms with Gasteiger partial charge in [-0.15, -0.1) is 0 Å². The summed E-state index contributed by atoms with van der Waals surface area (Å²) in [7, 11) is 0. The molecule has 0 bridgehead atoms. The Morgan fingerprint density at radius 2 is 2.10 bits per heavy atom. The van der Waals surface area contributed by atoms with Crippen LogP contribution in [0.15, 0.2) is 42.5 Å². The first-order valence-corrected chi connectivity index (χ1v) is 7.48. The monoisotopic (exact) mass is 278 g/mol. The van der Waals surface area contributed by atoms with E-state index >= 15 is 0 Å². The molecular weight excluding hydrogens is 260 g/mol. The Morgan fingerprint density at radius 1 is 1.19 bits per heavy atom. The predicted octanol–water partition coefficient (Wildman–Crippen LogP) is 3.52. The quantitative estimate of drug-likeness (QED) is 0.733. The van der Waals surface area contributed by atoms with Crippen molar-refractivity contribution in [2.45, 2.75) is 26.3 Å². The average Bonchev–Trinajstić information content (AvgIpc) is 3.08. The molecule has 0 saturated carbocycles. The van der Waals surface area contributed by atoms with Gasteiger partial charge in [0.2, 0.25) is 0 Å². The molecule has 106 valence electrons. The van der Waals surface area contributed by atoms with Crippen molar-refractivity contribution < 1.29 is 4.74 Å². The van der Waals surface area contributed by atoms with Crippen molar-refractivity contribution in [3.8, 4) is 5.75 Å². The molecular formula is C18H18N2O. The van der Waals surface area contributed by atoms with Crippen LogP contribution in [0.5, 0.6) is 5.75 Å². The van der Waals surface area contributed by atoms with Gasteiger partial charge in [0.1, 0.15) is 11.6 Å². The minimum atomic E-state index is 0.823. The summed E-state index contributed by atoms with van der Waals surface area (Å²) >= 11 is 0. The summed E-state index contributed by atoms with van der Waals surface area (Å²) in [6.45, 7) is 3.87. The first-order chi connectivity index (χ1) is 10.3. The van der Waals surface area contributed by atoms with Crippen LogP contribution in [0.1, 0.15) is 17.0 Å². The molecule has 0 fully saturated rings. The van der Waals surface area contributed by atoms with Gasteiger partial charge in [-0.3, -0.25) is 0 Å².